The smallest absolute Gasteiger partial charge is 0.340 e. The van der Waals surface area contributed by atoms with Crippen LogP contribution in [-0.4, -0.2) is 19.5 Å². The quantitative estimate of drug-likeness (QED) is 0.668. The first-order chi connectivity index (χ1) is 12.3. The summed E-state index contributed by atoms with van der Waals surface area (Å²) in [5.74, 6) is -0.268. The number of hydrogen-bond acceptors (Lipinski definition) is 6. The minimum absolute atomic E-state index is 0.0486. The molecule has 1 aromatic heterocycles. The van der Waals surface area contributed by atoms with Crippen LogP contribution < -0.4 is 5.14 Å². The zero-order valence-corrected chi connectivity index (χ0v) is 14.8. The Hall–Kier alpha value is -2.68. The standard InChI is InChI=1S/C17H13ClN2O5S/c18-15-7-6-13(26(19,22)23)9-14(15)17(21)24-10-12-8-16(25-20-12)11-4-2-1-3-5-11/h1-9H,10H2,(H2,19,22,23). The molecule has 3 rings (SSSR count). The predicted octanol–water partition coefficient (Wildman–Crippen LogP) is 3.00. The van der Waals surface area contributed by atoms with Gasteiger partial charge in [0, 0.05) is 11.6 Å². The van der Waals surface area contributed by atoms with Crippen molar-refractivity contribution in [3.05, 3.63) is 70.9 Å². The fourth-order valence-electron chi connectivity index (χ4n) is 2.17. The molecule has 0 fully saturated rings. The number of rotatable bonds is 5. The van der Waals surface area contributed by atoms with Gasteiger partial charge in [-0.15, -0.1) is 0 Å². The molecule has 7 nitrogen and oxygen atoms in total. The molecule has 2 aromatic carbocycles. The summed E-state index contributed by atoms with van der Waals surface area (Å²) in [5.41, 5.74) is 1.13. The van der Waals surface area contributed by atoms with E-state index in [0.29, 0.717) is 11.5 Å². The Morgan fingerprint density at radius 3 is 2.58 bits per heavy atom. The summed E-state index contributed by atoms with van der Waals surface area (Å²) >= 11 is 5.94. The summed E-state index contributed by atoms with van der Waals surface area (Å²) in [6, 6.07) is 14.5. The van der Waals surface area contributed by atoms with E-state index in [4.69, 9.17) is 26.0 Å². The maximum atomic E-state index is 12.2. The van der Waals surface area contributed by atoms with Crippen LogP contribution in [-0.2, 0) is 21.4 Å². The maximum absolute atomic E-state index is 12.2. The highest BCUT2D eigenvalue weighted by Gasteiger charge is 2.18. The second-order valence-electron chi connectivity index (χ2n) is 5.31. The lowest BCUT2D eigenvalue weighted by molar-refractivity contribution is 0.0464. The lowest BCUT2D eigenvalue weighted by Crippen LogP contribution is -2.14. The first kappa shape index (κ1) is 18.1. The van der Waals surface area contributed by atoms with Crippen molar-refractivity contribution in [3.8, 4) is 11.3 Å². The molecule has 26 heavy (non-hydrogen) atoms. The number of ether oxygens (including phenoxy) is 1. The molecule has 0 radical (unpaired) electrons. The average molecular weight is 393 g/mol. The molecule has 3 aromatic rings. The Balaban J connectivity index is 1.73. The number of nitrogens with zero attached hydrogens (tertiary/aromatic N) is 1. The molecule has 0 amide bonds. The number of primary sulfonamides is 1. The number of aromatic nitrogens is 1. The molecule has 0 saturated heterocycles. The van der Waals surface area contributed by atoms with Crippen LogP contribution >= 0.6 is 11.6 Å². The van der Waals surface area contributed by atoms with Gasteiger partial charge < -0.3 is 9.26 Å². The van der Waals surface area contributed by atoms with Gasteiger partial charge in [0.1, 0.15) is 12.3 Å². The first-order valence-electron chi connectivity index (χ1n) is 7.35. The third-order valence-corrected chi connectivity index (χ3v) is 4.70. The van der Waals surface area contributed by atoms with Gasteiger partial charge in [0.05, 0.1) is 15.5 Å². The molecule has 1 heterocycles. The van der Waals surface area contributed by atoms with Crippen molar-refractivity contribution in [3.63, 3.8) is 0 Å². The summed E-state index contributed by atoms with van der Waals surface area (Å²) in [7, 11) is -3.96. The maximum Gasteiger partial charge on any atom is 0.340 e. The molecule has 0 saturated carbocycles. The number of benzene rings is 2. The fraction of sp³-hybridized carbons (Fsp3) is 0.0588. The second-order valence-corrected chi connectivity index (χ2v) is 7.28. The van der Waals surface area contributed by atoms with E-state index in [1.807, 2.05) is 30.3 Å². The first-order valence-corrected chi connectivity index (χ1v) is 9.27. The van der Waals surface area contributed by atoms with Crippen molar-refractivity contribution in [1.29, 1.82) is 0 Å². The number of nitrogens with two attached hydrogens (primary N) is 1. The van der Waals surface area contributed by atoms with Gasteiger partial charge in [-0.1, -0.05) is 47.1 Å². The fourth-order valence-corrected chi connectivity index (χ4v) is 2.91. The Bertz CT molecular complexity index is 1050. The van der Waals surface area contributed by atoms with Crippen molar-refractivity contribution in [2.75, 3.05) is 0 Å². The number of sulfonamides is 1. The molecule has 9 heteroatoms. The Kier molecular flexibility index (Phi) is 5.08. The molecule has 134 valence electrons. The number of carbonyl (C=O) groups excluding carboxylic acids is 1. The molecule has 0 bridgehead atoms. The average Bonchev–Trinajstić information content (AvgIpc) is 3.09. The van der Waals surface area contributed by atoms with Crippen LogP contribution in [0.5, 0.6) is 0 Å². The van der Waals surface area contributed by atoms with Crippen molar-refractivity contribution in [1.82, 2.24) is 5.16 Å². The van der Waals surface area contributed by atoms with E-state index in [2.05, 4.69) is 5.16 Å². The molecule has 0 spiro atoms. The van der Waals surface area contributed by atoms with Crippen molar-refractivity contribution < 1.29 is 22.5 Å². The minimum atomic E-state index is -3.96. The number of esters is 1. The molecular formula is C17H13ClN2O5S. The van der Waals surface area contributed by atoms with E-state index in [1.54, 1.807) is 6.07 Å². The van der Waals surface area contributed by atoms with Gasteiger partial charge in [-0.2, -0.15) is 0 Å². The van der Waals surface area contributed by atoms with Crippen LogP contribution in [0.4, 0.5) is 0 Å². The van der Waals surface area contributed by atoms with Crippen LogP contribution in [0.25, 0.3) is 11.3 Å². The van der Waals surface area contributed by atoms with Crippen molar-refractivity contribution >= 4 is 27.6 Å². The Morgan fingerprint density at radius 1 is 1.15 bits per heavy atom. The minimum Gasteiger partial charge on any atom is -0.455 e. The SMILES string of the molecule is NS(=O)(=O)c1ccc(Cl)c(C(=O)OCc2cc(-c3ccccc3)on2)c1. The van der Waals surface area contributed by atoms with E-state index in [0.717, 1.165) is 11.6 Å². The van der Waals surface area contributed by atoms with Crippen molar-refractivity contribution in [2.45, 2.75) is 11.5 Å². The van der Waals surface area contributed by atoms with Gasteiger partial charge in [0.25, 0.3) is 0 Å². The largest absolute Gasteiger partial charge is 0.455 e. The second kappa shape index (κ2) is 7.28. The van der Waals surface area contributed by atoms with E-state index < -0.39 is 16.0 Å². The molecule has 0 aliphatic heterocycles. The van der Waals surface area contributed by atoms with Crippen LogP contribution in [0.3, 0.4) is 0 Å². The Morgan fingerprint density at radius 2 is 1.88 bits per heavy atom. The summed E-state index contributed by atoms with van der Waals surface area (Å²) in [6.45, 7) is -0.162. The molecule has 0 aliphatic rings. The number of halogens is 1. The predicted molar refractivity (Wildman–Crippen MR) is 93.9 cm³/mol. The normalized spacial score (nSPS) is 11.3. The summed E-state index contributed by atoms with van der Waals surface area (Å²) < 4.78 is 33.1. The zero-order valence-electron chi connectivity index (χ0n) is 13.3. The van der Waals surface area contributed by atoms with E-state index in [9.17, 15) is 13.2 Å². The van der Waals surface area contributed by atoms with Gasteiger partial charge >= 0.3 is 5.97 Å². The molecule has 0 unspecified atom stereocenters. The third kappa shape index (κ3) is 4.10. The summed E-state index contributed by atoms with van der Waals surface area (Å²) in [6.07, 6.45) is 0. The highest BCUT2D eigenvalue weighted by atomic mass is 35.5. The highest BCUT2D eigenvalue weighted by Crippen LogP contribution is 2.23. The summed E-state index contributed by atoms with van der Waals surface area (Å²) in [4.78, 5) is 12.0. The zero-order chi connectivity index (χ0) is 18.7. The number of carbonyl (C=O) groups is 1. The number of hydrogen-bond donors (Lipinski definition) is 1. The Labute approximate surface area is 154 Å². The highest BCUT2D eigenvalue weighted by molar-refractivity contribution is 7.89. The molecule has 0 aliphatic carbocycles. The molecule has 2 N–H and O–H groups in total. The molecular weight excluding hydrogens is 380 g/mol. The summed E-state index contributed by atoms with van der Waals surface area (Å²) in [5, 5.41) is 8.94. The molecule has 0 atom stereocenters. The van der Waals surface area contributed by atoms with Gasteiger partial charge in [-0.25, -0.2) is 18.4 Å². The van der Waals surface area contributed by atoms with Gasteiger partial charge in [-0.05, 0) is 18.2 Å². The van der Waals surface area contributed by atoms with E-state index >= 15 is 0 Å². The third-order valence-electron chi connectivity index (χ3n) is 3.45. The van der Waals surface area contributed by atoms with Crippen LogP contribution in [0, 0.1) is 0 Å². The van der Waals surface area contributed by atoms with Crippen LogP contribution in [0.15, 0.2) is 64.0 Å². The van der Waals surface area contributed by atoms with Crippen molar-refractivity contribution in [2.24, 2.45) is 5.14 Å². The van der Waals surface area contributed by atoms with E-state index in [-0.39, 0.29) is 22.1 Å². The van der Waals surface area contributed by atoms with Gasteiger partial charge in [0.2, 0.25) is 10.0 Å². The lowest BCUT2D eigenvalue weighted by atomic mass is 10.2. The van der Waals surface area contributed by atoms with Crippen LogP contribution in [0.1, 0.15) is 16.1 Å². The van der Waals surface area contributed by atoms with Gasteiger partial charge in [-0.3, -0.25) is 0 Å². The topological polar surface area (TPSA) is 112 Å². The van der Waals surface area contributed by atoms with Crippen LogP contribution in [0.2, 0.25) is 5.02 Å². The monoisotopic (exact) mass is 392 g/mol. The van der Waals surface area contributed by atoms with Gasteiger partial charge in [0.15, 0.2) is 5.76 Å². The van der Waals surface area contributed by atoms with E-state index in [1.165, 1.54) is 12.1 Å². The lowest BCUT2D eigenvalue weighted by Gasteiger charge is -2.06.